The molecule has 192 valence electrons. The van der Waals surface area contributed by atoms with E-state index in [9.17, 15) is 9.59 Å². The lowest BCUT2D eigenvalue weighted by atomic mass is 9.85. The Balaban J connectivity index is 1.48. The molecular formula is C31H26ClNO5. The summed E-state index contributed by atoms with van der Waals surface area (Å²) in [7, 11) is 4.79. The molecule has 1 aliphatic heterocycles. The highest BCUT2D eigenvalue weighted by Crippen LogP contribution is 2.59. The van der Waals surface area contributed by atoms with Gasteiger partial charge in [0, 0.05) is 16.9 Å². The molecule has 4 atom stereocenters. The van der Waals surface area contributed by atoms with Crippen LogP contribution in [0.1, 0.15) is 11.1 Å². The molecule has 6 rings (SSSR count). The zero-order chi connectivity index (χ0) is 26.6. The number of nitrogens with zero attached hydrogens (tertiary/aromatic N) is 1. The lowest BCUT2D eigenvalue weighted by Crippen LogP contribution is -2.33. The van der Waals surface area contributed by atoms with Gasteiger partial charge >= 0.3 is 0 Å². The van der Waals surface area contributed by atoms with Crippen LogP contribution < -0.4 is 19.1 Å². The number of ether oxygens (including phenoxy) is 3. The van der Waals surface area contributed by atoms with Crippen molar-refractivity contribution in [1.82, 2.24) is 0 Å². The van der Waals surface area contributed by atoms with Crippen LogP contribution in [0, 0.1) is 23.7 Å². The van der Waals surface area contributed by atoms with Crippen molar-refractivity contribution >= 4 is 34.7 Å². The molecular weight excluding hydrogens is 502 g/mol. The van der Waals surface area contributed by atoms with Crippen LogP contribution in [-0.2, 0) is 9.59 Å². The molecule has 2 amide bonds. The third kappa shape index (κ3) is 3.63. The van der Waals surface area contributed by atoms with Gasteiger partial charge in [0.25, 0.3) is 0 Å². The number of allylic oxidation sites excluding steroid dienone is 3. The van der Waals surface area contributed by atoms with Gasteiger partial charge in [-0.15, -0.1) is 0 Å². The van der Waals surface area contributed by atoms with Gasteiger partial charge in [-0.1, -0.05) is 48.0 Å². The number of rotatable bonds is 6. The maximum absolute atomic E-state index is 13.9. The summed E-state index contributed by atoms with van der Waals surface area (Å²) in [6.07, 6.45) is 4.16. The second-order valence-electron chi connectivity index (χ2n) is 9.60. The maximum Gasteiger partial charge on any atom is 0.238 e. The zero-order valence-electron chi connectivity index (χ0n) is 21.2. The highest BCUT2D eigenvalue weighted by molar-refractivity contribution is 6.31. The van der Waals surface area contributed by atoms with Crippen LogP contribution in [0.2, 0.25) is 5.02 Å². The Hall–Kier alpha value is -4.03. The molecule has 0 aromatic heterocycles. The number of hydrogen-bond donors (Lipinski definition) is 0. The normalized spacial score (nSPS) is 23.2. The van der Waals surface area contributed by atoms with E-state index in [2.05, 4.69) is 12.2 Å². The minimum atomic E-state index is -0.484. The van der Waals surface area contributed by atoms with Gasteiger partial charge in [0.2, 0.25) is 11.8 Å². The van der Waals surface area contributed by atoms with E-state index in [0.717, 1.165) is 33.8 Å². The third-order valence-corrected chi connectivity index (χ3v) is 8.08. The van der Waals surface area contributed by atoms with Gasteiger partial charge in [-0.25, -0.2) is 4.90 Å². The summed E-state index contributed by atoms with van der Waals surface area (Å²) in [5.41, 5.74) is 4.50. The Morgan fingerprint density at radius 1 is 0.711 bits per heavy atom. The lowest BCUT2D eigenvalue weighted by Gasteiger charge is -2.23. The number of benzene rings is 3. The Morgan fingerprint density at radius 2 is 1.21 bits per heavy atom. The van der Waals surface area contributed by atoms with Crippen molar-refractivity contribution in [3.63, 3.8) is 0 Å². The molecule has 2 fully saturated rings. The van der Waals surface area contributed by atoms with Crippen molar-refractivity contribution in [2.45, 2.75) is 0 Å². The monoisotopic (exact) mass is 527 g/mol. The minimum Gasteiger partial charge on any atom is -0.497 e. The Labute approximate surface area is 226 Å². The number of carbonyl (C=O) groups is 2. The number of imide groups is 1. The van der Waals surface area contributed by atoms with E-state index < -0.39 is 11.8 Å². The SMILES string of the molecule is COc1ccc(C(=C2[C@H]3C=C[C@H]2[C@H]2C(=O)N(c4cc(Cl)ccc4OC)C(=O)[C@H]23)c2ccc(OC)cc2)cc1. The van der Waals surface area contributed by atoms with E-state index in [1.165, 1.54) is 12.0 Å². The summed E-state index contributed by atoms with van der Waals surface area (Å²) >= 11 is 6.24. The van der Waals surface area contributed by atoms with E-state index in [1.54, 1.807) is 32.4 Å². The van der Waals surface area contributed by atoms with Crippen molar-refractivity contribution in [1.29, 1.82) is 0 Å². The second kappa shape index (κ2) is 9.37. The minimum absolute atomic E-state index is 0.198. The van der Waals surface area contributed by atoms with Crippen molar-refractivity contribution in [3.8, 4) is 17.2 Å². The van der Waals surface area contributed by atoms with Crippen LogP contribution in [0.15, 0.2) is 84.5 Å². The first-order valence-electron chi connectivity index (χ1n) is 12.4. The van der Waals surface area contributed by atoms with Crippen molar-refractivity contribution < 1.29 is 23.8 Å². The molecule has 6 nitrogen and oxygen atoms in total. The Morgan fingerprint density at radius 3 is 1.66 bits per heavy atom. The van der Waals surface area contributed by atoms with Gasteiger partial charge in [0.1, 0.15) is 17.2 Å². The van der Waals surface area contributed by atoms with Crippen LogP contribution in [-0.4, -0.2) is 33.1 Å². The highest BCUT2D eigenvalue weighted by Gasteiger charge is 2.62. The van der Waals surface area contributed by atoms with Crippen LogP contribution in [0.25, 0.3) is 5.57 Å². The van der Waals surface area contributed by atoms with Crippen LogP contribution in [0.3, 0.4) is 0 Å². The highest BCUT2D eigenvalue weighted by atomic mass is 35.5. The van der Waals surface area contributed by atoms with Crippen LogP contribution in [0.4, 0.5) is 5.69 Å². The van der Waals surface area contributed by atoms with E-state index in [0.29, 0.717) is 16.5 Å². The van der Waals surface area contributed by atoms with E-state index in [1.807, 2.05) is 48.5 Å². The van der Waals surface area contributed by atoms with E-state index >= 15 is 0 Å². The van der Waals surface area contributed by atoms with Gasteiger partial charge in [0.15, 0.2) is 0 Å². The molecule has 0 radical (unpaired) electrons. The molecule has 0 N–H and O–H groups in total. The topological polar surface area (TPSA) is 65.1 Å². The fourth-order valence-electron chi connectivity index (χ4n) is 6.19. The second-order valence-corrected chi connectivity index (χ2v) is 10.0. The zero-order valence-corrected chi connectivity index (χ0v) is 21.9. The summed E-state index contributed by atoms with van der Waals surface area (Å²) in [5, 5.41) is 0.432. The molecule has 0 unspecified atom stereocenters. The number of fused-ring (bicyclic) bond motifs is 5. The largest absolute Gasteiger partial charge is 0.497 e. The standard InChI is InChI=1S/C31H26ClNO5/c1-36-20-9-4-17(5-10-20)26(18-6-11-21(37-2)12-7-18)27-22-13-14-23(27)29-28(22)30(34)33(31(29)35)24-16-19(32)8-15-25(24)38-3/h4-16,22-23,28-29H,1-3H3/t22-,23-,28-,29+/m1/s1. The summed E-state index contributed by atoms with van der Waals surface area (Å²) in [6, 6.07) is 20.7. The Kier molecular flexibility index (Phi) is 6.00. The van der Waals surface area contributed by atoms with Gasteiger partial charge in [-0.2, -0.15) is 0 Å². The van der Waals surface area contributed by atoms with E-state index in [-0.39, 0.29) is 23.7 Å². The van der Waals surface area contributed by atoms with Gasteiger partial charge in [0.05, 0.1) is 38.9 Å². The van der Waals surface area contributed by atoms with Gasteiger partial charge in [-0.05, 0) is 64.7 Å². The fraction of sp³-hybridized carbons (Fsp3) is 0.226. The predicted molar refractivity (Wildman–Crippen MR) is 146 cm³/mol. The first-order valence-corrected chi connectivity index (χ1v) is 12.8. The number of hydrogen-bond acceptors (Lipinski definition) is 5. The predicted octanol–water partition coefficient (Wildman–Crippen LogP) is 5.79. The molecule has 7 heteroatoms. The first-order chi connectivity index (χ1) is 18.5. The first kappa shape index (κ1) is 24.3. The van der Waals surface area contributed by atoms with Gasteiger partial charge < -0.3 is 14.2 Å². The summed E-state index contributed by atoms with van der Waals surface area (Å²) in [5.74, 6) is 0.140. The molecule has 3 aromatic rings. The number of methoxy groups -OCH3 is 3. The average Bonchev–Trinajstić information content (AvgIpc) is 3.58. The molecule has 1 saturated heterocycles. The third-order valence-electron chi connectivity index (χ3n) is 7.84. The average molecular weight is 528 g/mol. The smallest absolute Gasteiger partial charge is 0.238 e. The number of halogens is 1. The number of amides is 2. The molecule has 0 spiro atoms. The number of anilines is 1. The fourth-order valence-corrected chi connectivity index (χ4v) is 6.35. The van der Waals surface area contributed by atoms with Crippen LogP contribution in [0.5, 0.6) is 17.2 Å². The summed E-state index contributed by atoms with van der Waals surface area (Å²) in [6.45, 7) is 0. The van der Waals surface area contributed by atoms with Crippen molar-refractivity contribution in [2.24, 2.45) is 23.7 Å². The molecule has 1 heterocycles. The molecule has 2 bridgehead atoms. The van der Waals surface area contributed by atoms with Crippen molar-refractivity contribution in [2.75, 3.05) is 26.2 Å². The lowest BCUT2D eigenvalue weighted by molar-refractivity contribution is -0.123. The van der Waals surface area contributed by atoms with Gasteiger partial charge in [-0.3, -0.25) is 9.59 Å². The Bertz CT molecular complexity index is 1410. The number of carbonyl (C=O) groups excluding carboxylic acids is 2. The van der Waals surface area contributed by atoms with Crippen LogP contribution >= 0.6 is 11.6 Å². The molecule has 3 aliphatic rings. The molecule has 38 heavy (non-hydrogen) atoms. The molecule has 2 aliphatic carbocycles. The summed E-state index contributed by atoms with van der Waals surface area (Å²) in [4.78, 5) is 29.1. The van der Waals surface area contributed by atoms with Crippen molar-refractivity contribution in [3.05, 3.63) is 101 Å². The molecule has 3 aromatic carbocycles. The molecule has 1 saturated carbocycles. The quantitative estimate of drug-likeness (QED) is 0.300. The van der Waals surface area contributed by atoms with E-state index in [4.69, 9.17) is 25.8 Å². The maximum atomic E-state index is 13.9. The summed E-state index contributed by atoms with van der Waals surface area (Å²) < 4.78 is 16.2.